The Balaban J connectivity index is 1.32. The van der Waals surface area contributed by atoms with Gasteiger partial charge in [0.15, 0.2) is 11.7 Å². The highest BCUT2D eigenvalue weighted by molar-refractivity contribution is 5.92. The van der Waals surface area contributed by atoms with Crippen molar-refractivity contribution in [1.29, 1.82) is 0 Å². The maximum Gasteiger partial charge on any atom is 0.309 e. The van der Waals surface area contributed by atoms with Crippen molar-refractivity contribution in [2.75, 3.05) is 0 Å². The van der Waals surface area contributed by atoms with Crippen molar-refractivity contribution in [2.45, 2.75) is 91.6 Å². The average molecular weight is 568 g/mol. The summed E-state index contributed by atoms with van der Waals surface area (Å²) in [7, 11) is 0. The van der Waals surface area contributed by atoms with Crippen LogP contribution in [0.2, 0.25) is 0 Å². The van der Waals surface area contributed by atoms with Gasteiger partial charge < -0.3 is 14.7 Å². The molecule has 42 heavy (non-hydrogen) atoms. The predicted molar refractivity (Wildman–Crippen MR) is 160 cm³/mol. The Bertz CT molecular complexity index is 1790. The van der Waals surface area contributed by atoms with Crippen LogP contribution in [0.5, 0.6) is 0 Å². The first-order chi connectivity index (χ1) is 20.0. The van der Waals surface area contributed by atoms with Gasteiger partial charge in [-0.25, -0.2) is 9.97 Å². The topological polar surface area (TPSA) is 129 Å². The summed E-state index contributed by atoms with van der Waals surface area (Å²) < 4.78 is 7.86. The van der Waals surface area contributed by atoms with E-state index in [1.165, 1.54) is 5.56 Å². The number of hydrogen-bond acceptors (Lipinski definition) is 6. The Hall–Kier alpha value is -4.34. The number of carbonyl (C=O) groups is 1. The second-order valence-corrected chi connectivity index (χ2v) is 12.7. The first kappa shape index (κ1) is 27.8. The van der Waals surface area contributed by atoms with Gasteiger partial charge in [-0.2, -0.15) is 5.10 Å². The van der Waals surface area contributed by atoms with Gasteiger partial charge in [0.25, 0.3) is 0 Å². The van der Waals surface area contributed by atoms with Crippen LogP contribution in [-0.4, -0.2) is 36.2 Å². The highest BCUT2D eigenvalue weighted by atomic mass is 16.4. The monoisotopic (exact) mass is 567 g/mol. The standard InChI is InChI=1S/C32H38N8O2/c1-17(2)40-19(4)25(18(3)39-40)27-35-26-23(14-15-33-28(26)36-27)21-12-13-22-20(16-21)10-8-9-11-24(22)34-29(41)30-37-38-31(42-30)32(5,6)7/h12-17,24H,8-11H2,1-7H3,(H2,33,34,35,36,41)/p+1/t24-/m1/s1. The zero-order chi connectivity index (χ0) is 29.8. The summed E-state index contributed by atoms with van der Waals surface area (Å²) in [4.78, 5) is 26.1. The molecule has 1 amide bonds. The highest BCUT2D eigenvalue weighted by Crippen LogP contribution is 2.35. The lowest BCUT2D eigenvalue weighted by Gasteiger charge is -2.19. The van der Waals surface area contributed by atoms with Gasteiger partial charge in [-0.15, -0.1) is 14.9 Å². The molecule has 0 unspecified atom stereocenters. The van der Waals surface area contributed by atoms with E-state index in [-0.39, 0.29) is 23.3 Å². The molecular formula is C32H39N8O2+. The van der Waals surface area contributed by atoms with E-state index in [9.17, 15) is 4.79 Å². The summed E-state index contributed by atoms with van der Waals surface area (Å²) in [6, 6.07) is 8.75. The van der Waals surface area contributed by atoms with E-state index in [4.69, 9.17) is 9.40 Å². The Morgan fingerprint density at radius 2 is 1.95 bits per heavy atom. The molecule has 0 saturated carbocycles. The van der Waals surface area contributed by atoms with Crippen molar-refractivity contribution in [3.8, 4) is 22.5 Å². The molecule has 3 N–H and O–H groups in total. The number of amides is 1. The fourth-order valence-corrected chi connectivity index (χ4v) is 5.98. The lowest BCUT2D eigenvalue weighted by Crippen LogP contribution is -2.40. The van der Waals surface area contributed by atoms with Crippen molar-refractivity contribution in [1.82, 2.24) is 35.6 Å². The summed E-state index contributed by atoms with van der Waals surface area (Å²) >= 11 is 0. The summed E-state index contributed by atoms with van der Waals surface area (Å²) in [5, 5.41) is 14.7. The number of nitrogens with one attached hydrogen (secondary N) is 3. The second kappa shape index (κ2) is 10.5. The van der Waals surface area contributed by atoms with Gasteiger partial charge in [-0.1, -0.05) is 45.4 Å². The lowest BCUT2D eigenvalue weighted by atomic mass is 9.94. The first-order valence-corrected chi connectivity index (χ1v) is 14.7. The van der Waals surface area contributed by atoms with E-state index >= 15 is 0 Å². The van der Waals surface area contributed by atoms with Gasteiger partial charge in [0, 0.05) is 24.1 Å². The zero-order valence-corrected chi connectivity index (χ0v) is 25.4. The summed E-state index contributed by atoms with van der Waals surface area (Å²) in [6.45, 7) is 14.4. The van der Waals surface area contributed by atoms with Gasteiger partial charge >= 0.3 is 11.8 Å². The Morgan fingerprint density at radius 3 is 2.67 bits per heavy atom. The van der Waals surface area contributed by atoms with Gasteiger partial charge in [0.1, 0.15) is 11.4 Å². The fraction of sp³-hybridized carbons (Fsp3) is 0.438. The lowest BCUT2D eigenvalue weighted by molar-refractivity contribution is -0.772. The Labute approximate surface area is 245 Å². The molecular weight excluding hydrogens is 528 g/mol. The van der Waals surface area contributed by atoms with Crippen LogP contribution in [-0.2, 0) is 11.8 Å². The van der Waals surface area contributed by atoms with E-state index in [2.05, 4.69) is 81.2 Å². The Morgan fingerprint density at radius 1 is 1.14 bits per heavy atom. The molecule has 1 aromatic carbocycles. The minimum absolute atomic E-state index is 0.00313. The number of aromatic amines is 2. The number of fused-ring (bicyclic) bond motifs is 2. The van der Waals surface area contributed by atoms with Crippen LogP contribution in [0.25, 0.3) is 33.7 Å². The molecule has 4 aromatic heterocycles. The third kappa shape index (κ3) is 4.99. The minimum Gasteiger partial charge on any atom is -0.416 e. The number of benzene rings is 1. The van der Waals surface area contributed by atoms with Crippen LogP contribution in [0, 0.1) is 13.8 Å². The SMILES string of the molecule is Cc1[nH][n+](C(C)C)c(C)c1-c1nc2nccc(-c3ccc4c(c3)CCCC[C@H]4NC(=O)c3nnc(C(C)(C)C)o3)c2[nH]1. The number of rotatable bonds is 5. The van der Waals surface area contributed by atoms with Crippen LogP contribution in [0.3, 0.4) is 0 Å². The van der Waals surface area contributed by atoms with Crippen LogP contribution in [0.1, 0.15) is 105 Å². The van der Waals surface area contributed by atoms with E-state index in [1.54, 1.807) is 0 Å². The molecule has 0 fully saturated rings. The predicted octanol–water partition coefficient (Wildman–Crippen LogP) is 5.98. The third-order valence-corrected chi connectivity index (χ3v) is 8.12. The average Bonchev–Trinajstić information content (AvgIpc) is 3.64. The third-order valence-electron chi connectivity index (χ3n) is 8.12. The van der Waals surface area contributed by atoms with E-state index in [0.29, 0.717) is 17.6 Å². The van der Waals surface area contributed by atoms with Crippen LogP contribution < -0.4 is 10.00 Å². The molecule has 218 valence electrons. The number of H-pyrrole nitrogens is 2. The normalized spacial score (nSPS) is 15.7. The second-order valence-electron chi connectivity index (χ2n) is 12.7. The molecule has 1 aliphatic rings. The number of aryl methyl sites for hydroxylation is 2. The van der Waals surface area contributed by atoms with Crippen molar-refractivity contribution >= 4 is 17.1 Å². The molecule has 4 heterocycles. The van der Waals surface area contributed by atoms with Crippen LogP contribution in [0.15, 0.2) is 34.9 Å². The molecule has 0 saturated heterocycles. The van der Waals surface area contributed by atoms with E-state index < -0.39 is 0 Å². The quantitative estimate of drug-likeness (QED) is 0.177. The van der Waals surface area contributed by atoms with Crippen molar-refractivity contribution in [3.05, 3.63) is 64.8 Å². The first-order valence-electron chi connectivity index (χ1n) is 14.7. The van der Waals surface area contributed by atoms with Gasteiger partial charge in [0.2, 0.25) is 11.6 Å². The van der Waals surface area contributed by atoms with Crippen molar-refractivity contribution < 1.29 is 13.9 Å². The van der Waals surface area contributed by atoms with Crippen molar-refractivity contribution in [3.63, 3.8) is 0 Å². The molecule has 0 radical (unpaired) electrons. The summed E-state index contributed by atoms with van der Waals surface area (Å²) in [5.41, 5.74) is 9.06. The van der Waals surface area contributed by atoms with Crippen LogP contribution >= 0.6 is 0 Å². The number of aromatic nitrogens is 7. The number of imidazole rings is 1. The molecule has 1 aliphatic carbocycles. The van der Waals surface area contributed by atoms with Gasteiger partial charge in [-0.05, 0) is 62.8 Å². The molecule has 10 nitrogen and oxygen atoms in total. The maximum absolute atomic E-state index is 13.1. The van der Waals surface area contributed by atoms with E-state index in [0.717, 1.165) is 70.7 Å². The number of carbonyl (C=O) groups excluding carboxylic acids is 1. The van der Waals surface area contributed by atoms with Gasteiger partial charge in [0.05, 0.1) is 17.3 Å². The molecule has 6 rings (SSSR count). The number of pyridine rings is 1. The molecule has 5 aromatic rings. The minimum atomic E-state index is -0.338. The number of nitrogens with zero attached hydrogens (tertiary/aromatic N) is 5. The molecule has 0 bridgehead atoms. The van der Waals surface area contributed by atoms with E-state index in [1.807, 2.05) is 33.0 Å². The highest BCUT2D eigenvalue weighted by Gasteiger charge is 2.28. The van der Waals surface area contributed by atoms with Crippen molar-refractivity contribution in [2.24, 2.45) is 0 Å². The summed E-state index contributed by atoms with van der Waals surface area (Å²) in [5.74, 6) is 0.923. The smallest absolute Gasteiger partial charge is 0.309 e. The molecule has 1 atom stereocenters. The number of hydrogen-bond donors (Lipinski definition) is 3. The molecule has 10 heteroatoms. The van der Waals surface area contributed by atoms with Gasteiger partial charge in [-0.3, -0.25) is 4.79 Å². The molecule has 0 spiro atoms. The zero-order valence-electron chi connectivity index (χ0n) is 25.4. The largest absolute Gasteiger partial charge is 0.416 e. The fourth-order valence-electron chi connectivity index (χ4n) is 5.98. The summed E-state index contributed by atoms with van der Waals surface area (Å²) in [6.07, 6.45) is 5.69. The molecule has 0 aliphatic heterocycles. The van der Waals surface area contributed by atoms with Crippen LogP contribution in [0.4, 0.5) is 0 Å². The Kier molecular flexibility index (Phi) is 6.95. The maximum atomic E-state index is 13.1.